The fraction of sp³-hybridized carbons (Fsp3) is 0. The number of benzene rings is 1. The van der Waals surface area contributed by atoms with Crippen LogP contribution in [-0.4, -0.2) is 0 Å². The number of fused-ring (bicyclic) bond motifs is 1. The monoisotopic (exact) mass is 202 g/mol. The first-order valence-electron chi connectivity index (χ1n) is 3.25. The van der Waals surface area contributed by atoms with Crippen molar-refractivity contribution in [2.75, 3.05) is 0 Å². The molecule has 0 bridgehead atoms. The zero-order valence-electron chi connectivity index (χ0n) is 5.84. The van der Waals surface area contributed by atoms with Gasteiger partial charge in [-0.3, -0.25) is 0 Å². The highest BCUT2D eigenvalue weighted by molar-refractivity contribution is 7.80. The highest BCUT2D eigenvalue weighted by Gasteiger charge is 2.08. The van der Waals surface area contributed by atoms with Crippen molar-refractivity contribution in [3.63, 3.8) is 0 Å². The summed E-state index contributed by atoms with van der Waals surface area (Å²) in [5.41, 5.74) is 0. The molecule has 0 nitrogen and oxygen atoms in total. The van der Waals surface area contributed by atoms with Crippen molar-refractivity contribution in [1.82, 2.24) is 0 Å². The Morgan fingerprint density at radius 1 is 1.25 bits per heavy atom. The van der Waals surface area contributed by atoms with Crippen LogP contribution in [0.2, 0.25) is 0 Å². The van der Waals surface area contributed by atoms with Crippen LogP contribution in [0, 0.1) is 10.9 Å². The second-order valence-electron chi connectivity index (χ2n) is 2.37. The van der Waals surface area contributed by atoms with Crippen molar-refractivity contribution in [3.05, 3.63) is 29.1 Å². The second-order valence-corrected chi connectivity index (χ2v) is 3.85. The van der Waals surface area contributed by atoms with Gasteiger partial charge in [-0.1, -0.05) is 6.07 Å². The lowest BCUT2D eigenvalue weighted by atomic mass is 10.2. The highest BCUT2D eigenvalue weighted by atomic mass is 32.1. The Hall–Kier alpha value is -0.610. The maximum atomic E-state index is 13.2. The zero-order valence-corrected chi connectivity index (χ0v) is 7.55. The molecule has 12 heavy (non-hydrogen) atoms. The number of hydrogen-bond donors (Lipinski definition) is 1. The van der Waals surface area contributed by atoms with Gasteiger partial charge in [-0.2, -0.15) is 4.39 Å². The second kappa shape index (κ2) is 2.71. The third-order valence-electron chi connectivity index (χ3n) is 1.58. The van der Waals surface area contributed by atoms with Crippen LogP contribution in [0.1, 0.15) is 0 Å². The minimum atomic E-state index is -0.440. The Kier molecular flexibility index (Phi) is 1.81. The summed E-state index contributed by atoms with van der Waals surface area (Å²) in [4.78, 5) is 0.254. The lowest BCUT2D eigenvalue weighted by Crippen LogP contribution is -1.75. The van der Waals surface area contributed by atoms with Crippen LogP contribution in [0.15, 0.2) is 23.1 Å². The van der Waals surface area contributed by atoms with Crippen LogP contribution in [0.4, 0.5) is 8.78 Å². The zero-order chi connectivity index (χ0) is 8.72. The van der Waals surface area contributed by atoms with Gasteiger partial charge in [0.15, 0.2) is 10.9 Å². The summed E-state index contributed by atoms with van der Waals surface area (Å²) >= 11 is 4.69. The van der Waals surface area contributed by atoms with E-state index in [0.717, 1.165) is 11.3 Å². The van der Waals surface area contributed by atoms with Crippen LogP contribution in [0.3, 0.4) is 0 Å². The molecule has 0 saturated carbocycles. The highest BCUT2D eigenvalue weighted by Crippen LogP contribution is 2.29. The Morgan fingerprint density at radius 2 is 2.00 bits per heavy atom. The van der Waals surface area contributed by atoms with Crippen molar-refractivity contribution in [2.24, 2.45) is 0 Å². The molecule has 1 heterocycles. The molecular formula is C8H4F2S2. The number of hydrogen-bond acceptors (Lipinski definition) is 2. The smallest absolute Gasteiger partial charge is 0.177 e. The van der Waals surface area contributed by atoms with E-state index in [1.807, 2.05) is 0 Å². The summed E-state index contributed by atoms with van der Waals surface area (Å²) in [7, 11) is 0. The molecule has 62 valence electrons. The molecule has 0 fully saturated rings. The van der Waals surface area contributed by atoms with Gasteiger partial charge >= 0.3 is 0 Å². The third kappa shape index (κ3) is 1.11. The maximum absolute atomic E-state index is 13.2. The summed E-state index contributed by atoms with van der Waals surface area (Å²) < 4.78 is 26.2. The number of thiol groups is 1. The summed E-state index contributed by atoms with van der Waals surface area (Å²) in [6, 6.07) is 4.49. The lowest BCUT2D eigenvalue weighted by Gasteiger charge is -1.94. The van der Waals surface area contributed by atoms with Gasteiger partial charge in [-0.25, -0.2) is 4.39 Å². The van der Waals surface area contributed by atoms with Crippen LogP contribution >= 0.6 is 24.0 Å². The van der Waals surface area contributed by atoms with Crippen molar-refractivity contribution in [1.29, 1.82) is 0 Å². The predicted molar refractivity (Wildman–Crippen MR) is 49.0 cm³/mol. The van der Waals surface area contributed by atoms with Gasteiger partial charge in [0.05, 0.1) is 4.70 Å². The van der Waals surface area contributed by atoms with Gasteiger partial charge in [0.1, 0.15) is 0 Å². The summed E-state index contributed by atoms with van der Waals surface area (Å²) in [6.07, 6.45) is 0. The molecule has 0 atom stereocenters. The Balaban J connectivity index is 2.89. The van der Waals surface area contributed by atoms with E-state index in [2.05, 4.69) is 12.6 Å². The van der Waals surface area contributed by atoms with E-state index in [1.165, 1.54) is 12.1 Å². The standard InChI is InChI=1S/C8H4F2S2/c9-6-3-4-1-2-5(11)7(10)8(4)12-6/h1-3,11H. The molecule has 1 aromatic heterocycles. The first kappa shape index (κ1) is 8.01. The summed E-state index contributed by atoms with van der Waals surface area (Å²) in [6.45, 7) is 0. The first-order chi connectivity index (χ1) is 5.68. The SMILES string of the molecule is Fc1cc2ccc(S)c(F)c2s1. The average Bonchev–Trinajstić information content (AvgIpc) is 2.39. The van der Waals surface area contributed by atoms with Crippen LogP contribution in [-0.2, 0) is 0 Å². The molecule has 0 aliphatic carbocycles. The Bertz CT molecular complexity index is 434. The maximum Gasteiger partial charge on any atom is 0.177 e. The molecular weight excluding hydrogens is 198 g/mol. The van der Waals surface area contributed by atoms with E-state index >= 15 is 0 Å². The molecule has 0 spiro atoms. The van der Waals surface area contributed by atoms with E-state index in [4.69, 9.17) is 0 Å². The van der Waals surface area contributed by atoms with E-state index in [9.17, 15) is 8.78 Å². The van der Waals surface area contributed by atoms with E-state index in [-0.39, 0.29) is 10.0 Å². The third-order valence-corrected chi connectivity index (χ3v) is 2.85. The molecule has 0 N–H and O–H groups in total. The van der Waals surface area contributed by atoms with Gasteiger partial charge < -0.3 is 0 Å². The fourth-order valence-electron chi connectivity index (χ4n) is 1.03. The average molecular weight is 202 g/mol. The molecule has 2 rings (SSSR count). The largest absolute Gasteiger partial charge is 0.204 e. The van der Waals surface area contributed by atoms with Crippen LogP contribution < -0.4 is 0 Å². The summed E-state index contributed by atoms with van der Waals surface area (Å²) in [5, 5.41) is 0.218. The van der Waals surface area contributed by atoms with Gasteiger partial charge in [0.25, 0.3) is 0 Å². The van der Waals surface area contributed by atoms with Crippen molar-refractivity contribution in [3.8, 4) is 0 Å². The van der Waals surface area contributed by atoms with Gasteiger partial charge in [-0.05, 0) is 17.5 Å². The van der Waals surface area contributed by atoms with Gasteiger partial charge in [0.2, 0.25) is 0 Å². The van der Waals surface area contributed by atoms with Gasteiger partial charge in [-0.15, -0.1) is 24.0 Å². The molecule has 0 radical (unpaired) electrons. The van der Waals surface area contributed by atoms with E-state index in [1.54, 1.807) is 6.07 Å². The predicted octanol–water partition coefficient (Wildman–Crippen LogP) is 3.47. The number of halogens is 2. The fourth-order valence-corrected chi connectivity index (χ4v) is 2.11. The Morgan fingerprint density at radius 3 is 2.75 bits per heavy atom. The molecule has 0 saturated heterocycles. The number of rotatable bonds is 0. The normalized spacial score (nSPS) is 10.9. The van der Waals surface area contributed by atoms with Crippen molar-refractivity contribution < 1.29 is 8.78 Å². The molecule has 0 aliphatic rings. The first-order valence-corrected chi connectivity index (χ1v) is 4.51. The molecule has 4 heteroatoms. The lowest BCUT2D eigenvalue weighted by molar-refractivity contribution is 0.617. The number of thiophene rings is 1. The topological polar surface area (TPSA) is 0 Å². The molecule has 1 aromatic carbocycles. The van der Waals surface area contributed by atoms with E-state index in [0.29, 0.717) is 10.1 Å². The molecule has 0 aliphatic heterocycles. The van der Waals surface area contributed by atoms with Crippen molar-refractivity contribution in [2.45, 2.75) is 4.90 Å². The minimum absolute atomic E-state index is 0.254. The molecule has 0 unspecified atom stereocenters. The van der Waals surface area contributed by atoms with Gasteiger partial charge in [0, 0.05) is 4.90 Å². The summed E-state index contributed by atoms with van der Waals surface area (Å²) in [5.74, 6) is -0.440. The van der Waals surface area contributed by atoms with E-state index < -0.39 is 5.82 Å². The van der Waals surface area contributed by atoms with Crippen LogP contribution in [0.5, 0.6) is 0 Å². The van der Waals surface area contributed by atoms with Crippen molar-refractivity contribution >= 4 is 34.1 Å². The van der Waals surface area contributed by atoms with Crippen LogP contribution in [0.25, 0.3) is 10.1 Å². The quantitative estimate of drug-likeness (QED) is 0.621. The Labute approximate surface area is 77.2 Å². The minimum Gasteiger partial charge on any atom is -0.204 e. The molecule has 0 amide bonds. The molecule has 2 aromatic rings.